The molecule has 1 fully saturated rings. The molecular formula is C27H43N3O4. The number of hydrogen-bond donors (Lipinski definition) is 2. The van der Waals surface area contributed by atoms with Crippen molar-refractivity contribution in [3.63, 3.8) is 0 Å². The van der Waals surface area contributed by atoms with Crippen LogP contribution in [0.2, 0.25) is 0 Å². The minimum absolute atomic E-state index is 0.116. The van der Waals surface area contributed by atoms with Gasteiger partial charge < -0.3 is 20.3 Å². The van der Waals surface area contributed by atoms with Crippen LogP contribution < -0.4 is 10.6 Å². The van der Waals surface area contributed by atoms with Crippen LogP contribution in [0, 0.1) is 13.8 Å². The second-order valence-electron chi connectivity index (χ2n) is 11.3. The minimum atomic E-state index is -0.809. The molecule has 0 heterocycles. The molecule has 3 amide bonds. The van der Waals surface area contributed by atoms with Crippen LogP contribution in [0.4, 0.5) is 4.79 Å². The molecule has 0 bridgehead atoms. The van der Waals surface area contributed by atoms with Gasteiger partial charge in [0, 0.05) is 11.6 Å². The number of rotatable bonds is 6. The summed E-state index contributed by atoms with van der Waals surface area (Å²) >= 11 is 0. The van der Waals surface area contributed by atoms with E-state index in [2.05, 4.69) is 10.6 Å². The second kappa shape index (κ2) is 11.2. The van der Waals surface area contributed by atoms with Crippen LogP contribution in [-0.4, -0.2) is 46.5 Å². The predicted octanol–water partition coefficient (Wildman–Crippen LogP) is 4.95. The lowest BCUT2D eigenvalue weighted by molar-refractivity contribution is -0.146. The molecule has 7 nitrogen and oxygen atoms in total. The zero-order valence-corrected chi connectivity index (χ0v) is 22.2. The summed E-state index contributed by atoms with van der Waals surface area (Å²) in [5, 5.41) is 5.79. The van der Waals surface area contributed by atoms with E-state index >= 15 is 0 Å². The quantitative estimate of drug-likeness (QED) is 0.612. The lowest BCUT2D eigenvalue weighted by atomic mass is 9.89. The summed E-state index contributed by atoms with van der Waals surface area (Å²) in [6, 6.07) is 5.19. The number of nitrogens with one attached hydrogen (secondary N) is 2. The molecule has 1 atom stereocenters. The Bertz CT molecular complexity index is 857. The Balaban J connectivity index is 2.40. The maximum Gasteiger partial charge on any atom is 0.408 e. The van der Waals surface area contributed by atoms with Gasteiger partial charge in [-0.1, -0.05) is 37.5 Å². The van der Waals surface area contributed by atoms with Gasteiger partial charge >= 0.3 is 6.09 Å². The van der Waals surface area contributed by atoms with Crippen molar-refractivity contribution >= 4 is 17.9 Å². The number of ether oxygens (including phenoxy) is 1. The number of hydrogen-bond acceptors (Lipinski definition) is 4. The average molecular weight is 474 g/mol. The van der Waals surface area contributed by atoms with Gasteiger partial charge in [-0.05, 0) is 84.9 Å². The Labute approximate surface area is 205 Å². The van der Waals surface area contributed by atoms with E-state index in [1.165, 1.54) is 6.42 Å². The SMILES string of the molecule is Cc1cccc(C)c1C(C(=O)NC1CCCCC1)N(C(=O)CNC(=O)OC(C)(C)C)C(C)(C)C. The summed E-state index contributed by atoms with van der Waals surface area (Å²) in [6.45, 7) is 14.7. The maximum atomic E-state index is 13.8. The summed E-state index contributed by atoms with van der Waals surface area (Å²) in [4.78, 5) is 41.2. The number of carbonyl (C=O) groups excluding carboxylic acids is 3. The molecule has 2 rings (SSSR count). The maximum absolute atomic E-state index is 13.8. The van der Waals surface area contributed by atoms with Crippen molar-refractivity contribution in [1.82, 2.24) is 15.5 Å². The summed E-state index contributed by atoms with van der Waals surface area (Å²) in [5.74, 6) is -0.519. The summed E-state index contributed by atoms with van der Waals surface area (Å²) in [5.41, 5.74) is 1.39. The fourth-order valence-electron chi connectivity index (χ4n) is 4.62. The first-order valence-electron chi connectivity index (χ1n) is 12.4. The molecule has 0 aromatic heterocycles. The third-order valence-corrected chi connectivity index (χ3v) is 6.05. The standard InChI is InChI=1S/C27H43N3O4/c1-18-13-12-14-19(2)22(18)23(24(32)29-20-15-10-9-11-16-20)30(26(3,4)5)21(31)17-28-25(33)34-27(6,7)8/h12-14,20,23H,9-11,15-17H2,1-8H3,(H,28,33)(H,29,32). The molecule has 0 radical (unpaired) electrons. The molecule has 34 heavy (non-hydrogen) atoms. The zero-order valence-electron chi connectivity index (χ0n) is 22.2. The zero-order chi connectivity index (χ0) is 25.7. The minimum Gasteiger partial charge on any atom is -0.444 e. The van der Waals surface area contributed by atoms with Gasteiger partial charge in [0.25, 0.3) is 0 Å². The monoisotopic (exact) mass is 473 g/mol. The van der Waals surface area contributed by atoms with E-state index in [1.54, 1.807) is 25.7 Å². The predicted molar refractivity (Wildman–Crippen MR) is 135 cm³/mol. The molecule has 0 aliphatic heterocycles. The first-order valence-corrected chi connectivity index (χ1v) is 12.4. The van der Waals surface area contributed by atoms with Crippen LogP contribution in [0.5, 0.6) is 0 Å². The Kier molecular flexibility index (Phi) is 9.15. The van der Waals surface area contributed by atoms with E-state index in [9.17, 15) is 14.4 Å². The highest BCUT2D eigenvalue weighted by atomic mass is 16.6. The fourth-order valence-corrected chi connectivity index (χ4v) is 4.62. The van der Waals surface area contributed by atoms with Gasteiger partial charge in [-0.3, -0.25) is 9.59 Å². The molecule has 190 valence electrons. The summed E-state index contributed by atoms with van der Waals surface area (Å²) in [7, 11) is 0. The lowest BCUT2D eigenvalue weighted by Crippen LogP contribution is -2.56. The molecule has 1 unspecified atom stereocenters. The molecule has 2 N–H and O–H groups in total. The molecular weight excluding hydrogens is 430 g/mol. The molecule has 1 saturated carbocycles. The van der Waals surface area contributed by atoms with Crippen LogP contribution in [-0.2, 0) is 14.3 Å². The van der Waals surface area contributed by atoms with Crippen molar-refractivity contribution in [2.45, 2.75) is 111 Å². The first kappa shape index (κ1) is 27.7. The Morgan fingerprint density at radius 1 is 1.00 bits per heavy atom. The van der Waals surface area contributed by atoms with Crippen molar-refractivity contribution in [3.8, 4) is 0 Å². The van der Waals surface area contributed by atoms with Gasteiger partial charge in [-0.2, -0.15) is 0 Å². The van der Waals surface area contributed by atoms with Gasteiger partial charge in [0.1, 0.15) is 18.2 Å². The summed E-state index contributed by atoms with van der Waals surface area (Å²) in [6.07, 6.45) is 4.63. The average Bonchev–Trinajstić information content (AvgIpc) is 2.69. The highest BCUT2D eigenvalue weighted by Gasteiger charge is 2.40. The Hall–Kier alpha value is -2.57. The van der Waals surface area contributed by atoms with Crippen molar-refractivity contribution in [1.29, 1.82) is 0 Å². The van der Waals surface area contributed by atoms with Crippen LogP contribution in [0.15, 0.2) is 18.2 Å². The molecule has 1 aromatic rings. The molecule has 1 aliphatic carbocycles. The Morgan fingerprint density at radius 3 is 2.06 bits per heavy atom. The number of aryl methyl sites for hydroxylation is 2. The lowest BCUT2D eigenvalue weighted by Gasteiger charge is -2.42. The molecule has 0 spiro atoms. The third kappa shape index (κ3) is 7.74. The van der Waals surface area contributed by atoms with Crippen LogP contribution in [0.3, 0.4) is 0 Å². The van der Waals surface area contributed by atoms with Crippen molar-refractivity contribution in [3.05, 3.63) is 34.9 Å². The van der Waals surface area contributed by atoms with E-state index in [1.807, 2.05) is 52.8 Å². The molecule has 1 aliphatic rings. The largest absolute Gasteiger partial charge is 0.444 e. The number of amides is 3. The van der Waals surface area contributed by atoms with Gasteiger partial charge in [0.2, 0.25) is 11.8 Å². The fraction of sp³-hybridized carbons (Fsp3) is 0.667. The Morgan fingerprint density at radius 2 is 1.56 bits per heavy atom. The van der Waals surface area contributed by atoms with Crippen LogP contribution >= 0.6 is 0 Å². The summed E-state index contributed by atoms with van der Waals surface area (Å²) < 4.78 is 5.28. The van der Waals surface area contributed by atoms with E-state index in [-0.39, 0.29) is 24.4 Å². The molecule has 0 saturated heterocycles. The third-order valence-electron chi connectivity index (χ3n) is 6.05. The number of carbonyl (C=O) groups is 3. The van der Waals surface area contributed by atoms with Crippen molar-refractivity contribution in [2.75, 3.05) is 6.54 Å². The van der Waals surface area contributed by atoms with E-state index in [0.29, 0.717) is 0 Å². The van der Waals surface area contributed by atoms with Crippen molar-refractivity contribution in [2.24, 2.45) is 0 Å². The topological polar surface area (TPSA) is 87.7 Å². The molecule has 1 aromatic carbocycles. The smallest absolute Gasteiger partial charge is 0.408 e. The number of alkyl carbamates (subject to hydrolysis) is 1. The number of nitrogens with zero attached hydrogens (tertiary/aromatic N) is 1. The van der Waals surface area contributed by atoms with Crippen LogP contribution in [0.1, 0.15) is 96.4 Å². The van der Waals surface area contributed by atoms with Gasteiger partial charge in [-0.25, -0.2) is 4.79 Å². The normalized spacial score (nSPS) is 15.9. The van der Waals surface area contributed by atoms with Gasteiger partial charge in [0.15, 0.2) is 0 Å². The first-order chi connectivity index (χ1) is 15.7. The van der Waals surface area contributed by atoms with Crippen molar-refractivity contribution < 1.29 is 19.1 Å². The highest BCUT2D eigenvalue weighted by molar-refractivity contribution is 5.91. The van der Waals surface area contributed by atoms with E-state index < -0.39 is 23.3 Å². The second-order valence-corrected chi connectivity index (χ2v) is 11.3. The molecule has 7 heteroatoms. The number of benzene rings is 1. The van der Waals surface area contributed by atoms with Gasteiger partial charge in [-0.15, -0.1) is 0 Å². The highest BCUT2D eigenvalue weighted by Crippen LogP contribution is 2.33. The van der Waals surface area contributed by atoms with E-state index in [4.69, 9.17) is 4.74 Å². The van der Waals surface area contributed by atoms with Crippen LogP contribution in [0.25, 0.3) is 0 Å². The van der Waals surface area contributed by atoms with Gasteiger partial charge in [0.05, 0.1) is 0 Å². The van der Waals surface area contributed by atoms with E-state index in [0.717, 1.165) is 42.4 Å².